The fraction of sp³-hybridized carbons (Fsp3) is 0.562. The van der Waals surface area contributed by atoms with Gasteiger partial charge in [0.25, 0.3) is 0 Å². The Morgan fingerprint density at radius 2 is 1.95 bits per heavy atom. The van der Waals surface area contributed by atoms with E-state index in [0.717, 1.165) is 29.5 Å². The zero-order valence-corrected chi connectivity index (χ0v) is 11.9. The zero-order chi connectivity index (χ0) is 13.2. The van der Waals surface area contributed by atoms with E-state index in [2.05, 4.69) is 4.90 Å². The number of hydrogen-bond donors (Lipinski definition) is 0. The van der Waals surface area contributed by atoms with E-state index in [4.69, 9.17) is 11.6 Å². The predicted molar refractivity (Wildman–Crippen MR) is 79.2 cm³/mol. The quantitative estimate of drug-likeness (QED) is 0.767. The number of aldehydes is 1. The third-order valence-corrected chi connectivity index (χ3v) is 4.96. The first-order valence-electron chi connectivity index (χ1n) is 7.31. The van der Waals surface area contributed by atoms with Gasteiger partial charge in [-0.05, 0) is 49.8 Å². The summed E-state index contributed by atoms with van der Waals surface area (Å²) in [5.74, 6) is 0.837. The lowest BCUT2D eigenvalue weighted by Gasteiger charge is -2.32. The molecule has 1 aliphatic heterocycles. The molecule has 1 saturated carbocycles. The lowest BCUT2D eigenvalue weighted by molar-refractivity contribution is 0.112. The normalized spacial score (nSPS) is 24.1. The summed E-state index contributed by atoms with van der Waals surface area (Å²) in [6.45, 7) is 1.10. The van der Waals surface area contributed by atoms with Gasteiger partial charge in [0.2, 0.25) is 0 Å². The van der Waals surface area contributed by atoms with Crippen LogP contribution in [0.1, 0.15) is 48.9 Å². The van der Waals surface area contributed by atoms with Gasteiger partial charge in [-0.15, -0.1) is 0 Å². The molecule has 1 aromatic rings. The van der Waals surface area contributed by atoms with E-state index in [9.17, 15) is 4.79 Å². The van der Waals surface area contributed by atoms with Crippen molar-refractivity contribution in [3.8, 4) is 0 Å². The summed E-state index contributed by atoms with van der Waals surface area (Å²) < 4.78 is 0. The van der Waals surface area contributed by atoms with Crippen LogP contribution < -0.4 is 4.90 Å². The molecule has 102 valence electrons. The number of carbonyl (C=O) groups is 1. The Labute approximate surface area is 119 Å². The van der Waals surface area contributed by atoms with E-state index in [0.29, 0.717) is 11.6 Å². The second-order valence-corrected chi connectivity index (χ2v) is 6.18. The summed E-state index contributed by atoms with van der Waals surface area (Å²) >= 11 is 6.36. The van der Waals surface area contributed by atoms with Gasteiger partial charge in [0.1, 0.15) is 6.29 Å². The molecule has 0 aromatic heterocycles. The van der Waals surface area contributed by atoms with Gasteiger partial charge < -0.3 is 4.90 Å². The molecule has 1 unspecified atom stereocenters. The van der Waals surface area contributed by atoms with Crippen LogP contribution in [0, 0.1) is 5.92 Å². The molecule has 3 rings (SSSR count). The molecule has 1 atom stereocenters. The Morgan fingerprint density at radius 3 is 2.63 bits per heavy atom. The van der Waals surface area contributed by atoms with E-state index in [1.807, 2.05) is 12.1 Å². The molecule has 0 spiro atoms. The molecule has 0 bridgehead atoms. The largest absolute Gasteiger partial charge is 0.367 e. The van der Waals surface area contributed by atoms with Gasteiger partial charge in [0.15, 0.2) is 0 Å². The first-order valence-corrected chi connectivity index (χ1v) is 7.69. The van der Waals surface area contributed by atoms with Gasteiger partial charge in [-0.25, -0.2) is 0 Å². The molecule has 1 aliphatic carbocycles. The molecule has 1 heterocycles. The average molecular weight is 278 g/mol. The van der Waals surface area contributed by atoms with Crippen LogP contribution in [0.5, 0.6) is 0 Å². The van der Waals surface area contributed by atoms with E-state index in [1.165, 1.54) is 38.5 Å². The van der Waals surface area contributed by atoms with Crippen LogP contribution in [-0.4, -0.2) is 18.9 Å². The number of anilines is 1. The minimum atomic E-state index is 0.655. The maximum atomic E-state index is 10.8. The van der Waals surface area contributed by atoms with Gasteiger partial charge in [-0.1, -0.05) is 24.4 Å². The minimum Gasteiger partial charge on any atom is -0.367 e. The first-order chi connectivity index (χ1) is 9.29. The highest BCUT2D eigenvalue weighted by Gasteiger charge is 2.34. The second-order valence-electron chi connectivity index (χ2n) is 5.78. The first kappa shape index (κ1) is 13.0. The summed E-state index contributed by atoms with van der Waals surface area (Å²) in [5.41, 5.74) is 1.77. The number of hydrogen-bond acceptors (Lipinski definition) is 2. The number of halogens is 1. The summed E-state index contributed by atoms with van der Waals surface area (Å²) in [6, 6.07) is 6.33. The third kappa shape index (κ3) is 2.51. The van der Waals surface area contributed by atoms with Crippen LogP contribution in [0.2, 0.25) is 5.02 Å². The van der Waals surface area contributed by atoms with Crippen molar-refractivity contribution in [3.63, 3.8) is 0 Å². The molecule has 1 saturated heterocycles. The Kier molecular flexibility index (Phi) is 3.79. The van der Waals surface area contributed by atoms with Gasteiger partial charge in [0, 0.05) is 18.2 Å². The zero-order valence-electron chi connectivity index (χ0n) is 11.1. The van der Waals surface area contributed by atoms with Gasteiger partial charge in [-0.3, -0.25) is 4.79 Å². The molecule has 1 aromatic carbocycles. The van der Waals surface area contributed by atoms with Crippen LogP contribution in [-0.2, 0) is 0 Å². The van der Waals surface area contributed by atoms with Crippen molar-refractivity contribution in [3.05, 3.63) is 28.8 Å². The Morgan fingerprint density at radius 1 is 1.16 bits per heavy atom. The molecular weight excluding hydrogens is 258 g/mol. The van der Waals surface area contributed by atoms with Crippen molar-refractivity contribution in [1.29, 1.82) is 0 Å². The van der Waals surface area contributed by atoms with Gasteiger partial charge >= 0.3 is 0 Å². The smallest absolute Gasteiger partial charge is 0.150 e. The highest BCUT2D eigenvalue weighted by atomic mass is 35.5. The second kappa shape index (κ2) is 5.54. The maximum Gasteiger partial charge on any atom is 0.150 e. The van der Waals surface area contributed by atoms with Crippen LogP contribution in [0.25, 0.3) is 0 Å². The number of nitrogens with zero attached hydrogens (tertiary/aromatic N) is 1. The molecule has 2 aliphatic rings. The highest BCUT2D eigenvalue weighted by Crippen LogP contribution is 2.39. The fourth-order valence-electron chi connectivity index (χ4n) is 3.75. The Bertz CT molecular complexity index is 468. The summed E-state index contributed by atoms with van der Waals surface area (Å²) in [5, 5.41) is 0.717. The molecule has 2 fully saturated rings. The van der Waals surface area contributed by atoms with E-state index in [1.54, 1.807) is 6.07 Å². The van der Waals surface area contributed by atoms with Crippen molar-refractivity contribution >= 4 is 23.6 Å². The van der Waals surface area contributed by atoms with Crippen LogP contribution in [0.4, 0.5) is 5.69 Å². The monoisotopic (exact) mass is 277 g/mol. The maximum absolute atomic E-state index is 10.8. The van der Waals surface area contributed by atoms with Gasteiger partial charge in [0.05, 0.1) is 10.7 Å². The molecule has 0 radical (unpaired) electrons. The van der Waals surface area contributed by atoms with E-state index < -0.39 is 0 Å². The minimum absolute atomic E-state index is 0.655. The molecule has 3 heteroatoms. The van der Waals surface area contributed by atoms with Crippen molar-refractivity contribution < 1.29 is 4.79 Å². The number of carbonyl (C=O) groups excluding carboxylic acids is 1. The predicted octanol–water partition coefficient (Wildman–Crippen LogP) is 4.31. The number of benzene rings is 1. The Hall–Kier alpha value is -1.02. The molecular formula is C16H20ClNO. The molecule has 0 amide bonds. The van der Waals surface area contributed by atoms with Crippen LogP contribution in [0.15, 0.2) is 18.2 Å². The van der Waals surface area contributed by atoms with Crippen LogP contribution in [0.3, 0.4) is 0 Å². The summed E-state index contributed by atoms with van der Waals surface area (Å²) in [4.78, 5) is 13.3. The summed E-state index contributed by atoms with van der Waals surface area (Å²) in [6.07, 6.45) is 8.90. The third-order valence-electron chi connectivity index (χ3n) is 4.66. The van der Waals surface area contributed by atoms with Crippen molar-refractivity contribution in [2.24, 2.45) is 5.92 Å². The van der Waals surface area contributed by atoms with Crippen molar-refractivity contribution in [2.75, 3.05) is 11.4 Å². The SMILES string of the molecule is O=Cc1ccc(N2CCCC2C2CCCC2)c(Cl)c1. The lowest BCUT2D eigenvalue weighted by atomic mass is 9.95. The highest BCUT2D eigenvalue weighted by molar-refractivity contribution is 6.33. The molecule has 19 heavy (non-hydrogen) atoms. The fourth-order valence-corrected chi connectivity index (χ4v) is 4.05. The van der Waals surface area contributed by atoms with Gasteiger partial charge in [-0.2, -0.15) is 0 Å². The lowest BCUT2D eigenvalue weighted by Crippen LogP contribution is -2.34. The Balaban J connectivity index is 1.85. The van der Waals surface area contributed by atoms with Crippen LogP contribution >= 0.6 is 11.6 Å². The van der Waals surface area contributed by atoms with Crippen molar-refractivity contribution in [1.82, 2.24) is 0 Å². The number of rotatable bonds is 3. The summed E-state index contributed by atoms with van der Waals surface area (Å²) in [7, 11) is 0. The molecule has 2 nitrogen and oxygen atoms in total. The standard InChI is InChI=1S/C16H20ClNO/c17-14-10-12(11-19)7-8-16(14)18-9-3-6-15(18)13-4-1-2-5-13/h7-8,10-11,13,15H,1-6,9H2. The topological polar surface area (TPSA) is 20.3 Å². The average Bonchev–Trinajstić information content (AvgIpc) is 3.08. The van der Waals surface area contributed by atoms with Crippen molar-refractivity contribution in [2.45, 2.75) is 44.6 Å². The van der Waals surface area contributed by atoms with E-state index >= 15 is 0 Å². The molecule has 0 N–H and O–H groups in total. The van der Waals surface area contributed by atoms with E-state index in [-0.39, 0.29) is 0 Å².